The zero-order valence-corrected chi connectivity index (χ0v) is 10.6. The van der Waals surface area contributed by atoms with Crippen molar-refractivity contribution in [3.05, 3.63) is 15.8 Å². The number of nitrogens with two attached hydrogens (primary N) is 1. The number of anilines is 1. The number of carbonyl (C=O) groups excluding carboxylic acids is 1. The fraction of sp³-hybridized carbons (Fsp3) is 0.545. The van der Waals surface area contributed by atoms with Crippen molar-refractivity contribution >= 4 is 22.9 Å². The van der Waals surface area contributed by atoms with Gasteiger partial charge in [-0.2, -0.15) is 13.2 Å². The maximum Gasteiger partial charge on any atom is 0.406 e. The fourth-order valence-electron chi connectivity index (χ4n) is 1.69. The summed E-state index contributed by atoms with van der Waals surface area (Å²) in [7, 11) is 0. The third kappa shape index (κ3) is 2.95. The minimum Gasteiger partial charge on any atom is -0.398 e. The maximum atomic E-state index is 12.4. The largest absolute Gasteiger partial charge is 0.406 e. The van der Waals surface area contributed by atoms with Crippen LogP contribution in [0.2, 0.25) is 0 Å². The van der Waals surface area contributed by atoms with Crippen molar-refractivity contribution < 1.29 is 18.0 Å². The number of alkyl halides is 3. The second kappa shape index (κ2) is 4.46. The van der Waals surface area contributed by atoms with Crippen molar-refractivity contribution in [1.29, 1.82) is 0 Å². The Kier molecular flexibility index (Phi) is 3.27. The molecule has 1 aliphatic rings. The maximum absolute atomic E-state index is 12.4. The van der Waals surface area contributed by atoms with E-state index in [0.29, 0.717) is 18.5 Å². The van der Waals surface area contributed by atoms with E-state index < -0.39 is 18.6 Å². The summed E-state index contributed by atoms with van der Waals surface area (Å²) in [5.74, 6) is -0.570. The Balaban J connectivity index is 2.18. The van der Waals surface area contributed by atoms with Crippen molar-refractivity contribution in [2.45, 2.75) is 32.0 Å². The van der Waals surface area contributed by atoms with Gasteiger partial charge in [0.2, 0.25) is 0 Å². The SMILES string of the molecule is Cc1sc(C(=O)N(CC(F)(F)F)C2CC2)cc1N. The molecule has 0 atom stereocenters. The number of rotatable bonds is 3. The fourth-order valence-corrected chi connectivity index (χ4v) is 2.59. The number of hydrogen-bond donors (Lipinski definition) is 1. The summed E-state index contributed by atoms with van der Waals surface area (Å²) in [6.07, 6.45) is -3.08. The van der Waals surface area contributed by atoms with Gasteiger partial charge in [-0.1, -0.05) is 0 Å². The lowest BCUT2D eigenvalue weighted by atomic mass is 10.3. The van der Waals surface area contributed by atoms with E-state index in [9.17, 15) is 18.0 Å². The first-order valence-corrected chi connectivity index (χ1v) is 6.33. The molecule has 1 amide bonds. The van der Waals surface area contributed by atoms with Gasteiger partial charge in [0.1, 0.15) is 6.54 Å². The number of amides is 1. The summed E-state index contributed by atoms with van der Waals surface area (Å²) in [6.45, 7) is 0.551. The van der Waals surface area contributed by atoms with Crippen LogP contribution in [0.25, 0.3) is 0 Å². The molecule has 0 unspecified atom stereocenters. The summed E-state index contributed by atoms with van der Waals surface area (Å²) < 4.78 is 37.3. The second-order valence-corrected chi connectivity index (χ2v) is 5.66. The van der Waals surface area contributed by atoms with E-state index in [4.69, 9.17) is 5.73 Å². The van der Waals surface area contributed by atoms with Gasteiger partial charge in [-0.15, -0.1) is 11.3 Å². The number of nitrogens with zero attached hydrogens (tertiary/aromatic N) is 1. The number of carbonyl (C=O) groups is 1. The Morgan fingerprint density at radius 1 is 1.56 bits per heavy atom. The average molecular weight is 278 g/mol. The van der Waals surface area contributed by atoms with Gasteiger partial charge in [-0.25, -0.2) is 0 Å². The van der Waals surface area contributed by atoms with Crippen LogP contribution in [-0.2, 0) is 0 Å². The van der Waals surface area contributed by atoms with E-state index in [0.717, 1.165) is 21.1 Å². The van der Waals surface area contributed by atoms with E-state index >= 15 is 0 Å². The van der Waals surface area contributed by atoms with Crippen LogP contribution < -0.4 is 5.73 Å². The highest BCUT2D eigenvalue weighted by molar-refractivity contribution is 7.14. The first-order chi connectivity index (χ1) is 8.28. The molecule has 1 heterocycles. The molecule has 1 aliphatic carbocycles. The third-order valence-corrected chi connectivity index (χ3v) is 3.82. The standard InChI is InChI=1S/C11H13F3N2OS/c1-6-8(15)4-9(18-6)10(17)16(7-2-3-7)5-11(12,13)14/h4,7H,2-3,5,15H2,1H3. The molecule has 0 spiro atoms. The minimum absolute atomic E-state index is 0.275. The predicted octanol–water partition coefficient (Wildman–Crippen LogP) is 2.81. The molecule has 0 saturated heterocycles. The molecule has 2 N–H and O–H groups in total. The number of aryl methyl sites for hydroxylation is 1. The average Bonchev–Trinajstić information content (AvgIpc) is 3.01. The summed E-state index contributed by atoms with van der Waals surface area (Å²) in [4.78, 5) is 14.0. The van der Waals surface area contributed by atoms with Crippen LogP contribution in [0, 0.1) is 6.92 Å². The van der Waals surface area contributed by atoms with E-state index in [1.807, 2.05) is 0 Å². The summed E-state index contributed by atoms with van der Waals surface area (Å²) in [5, 5.41) is 0. The Bertz CT molecular complexity index is 446. The van der Waals surface area contributed by atoms with Crippen LogP contribution in [0.1, 0.15) is 27.4 Å². The Morgan fingerprint density at radius 2 is 2.17 bits per heavy atom. The highest BCUT2D eigenvalue weighted by Gasteiger charge is 2.41. The minimum atomic E-state index is -4.36. The van der Waals surface area contributed by atoms with Gasteiger partial charge in [0.25, 0.3) is 5.91 Å². The summed E-state index contributed by atoms with van der Waals surface area (Å²) in [6, 6.07) is 1.18. The highest BCUT2D eigenvalue weighted by atomic mass is 32.1. The predicted molar refractivity (Wildman–Crippen MR) is 63.6 cm³/mol. The van der Waals surface area contributed by atoms with E-state index in [1.165, 1.54) is 6.07 Å². The molecule has 100 valence electrons. The molecule has 0 bridgehead atoms. The van der Waals surface area contributed by atoms with Crippen LogP contribution >= 0.6 is 11.3 Å². The van der Waals surface area contributed by atoms with E-state index in [2.05, 4.69) is 0 Å². The molecular formula is C11H13F3N2OS. The van der Waals surface area contributed by atoms with Gasteiger partial charge in [0.05, 0.1) is 4.88 Å². The molecule has 1 saturated carbocycles. The first-order valence-electron chi connectivity index (χ1n) is 5.51. The number of hydrogen-bond acceptors (Lipinski definition) is 3. The van der Waals surface area contributed by atoms with Crippen LogP contribution in [0.5, 0.6) is 0 Å². The van der Waals surface area contributed by atoms with Crippen molar-refractivity contribution in [2.75, 3.05) is 12.3 Å². The van der Waals surface area contributed by atoms with Gasteiger partial charge in [-0.05, 0) is 25.8 Å². The molecule has 3 nitrogen and oxygen atoms in total. The number of halogens is 3. The van der Waals surface area contributed by atoms with Crippen molar-refractivity contribution in [3.63, 3.8) is 0 Å². The number of nitrogen functional groups attached to an aromatic ring is 1. The lowest BCUT2D eigenvalue weighted by molar-refractivity contribution is -0.141. The van der Waals surface area contributed by atoms with Crippen LogP contribution in [0.3, 0.4) is 0 Å². The lowest BCUT2D eigenvalue weighted by Gasteiger charge is -2.23. The van der Waals surface area contributed by atoms with Crippen LogP contribution in [-0.4, -0.2) is 29.6 Å². The third-order valence-electron chi connectivity index (χ3n) is 2.77. The molecule has 7 heteroatoms. The van der Waals surface area contributed by atoms with Gasteiger partial charge in [0.15, 0.2) is 0 Å². The van der Waals surface area contributed by atoms with Crippen molar-refractivity contribution in [2.24, 2.45) is 0 Å². The molecule has 1 aromatic heterocycles. The molecule has 1 aromatic rings. The molecule has 2 rings (SSSR count). The Morgan fingerprint density at radius 3 is 2.56 bits per heavy atom. The molecule has 0 aromatic carbocycles. The van der Waals surface area contributed by atoms with Gasteiger partial charge in [-0.3, -0.25) is 4.79 Å². The van der Waals surface area contributed by atoms with Gasteiger partial charge >= 0.3 is 6.18 Å². The normalized spacial score (nSPS) is 15.8. The molecule has 0 aliphatic heterocycles. The van der Waals surface area contributed by atoms with Crippen LogP contribution in [0.15, 0.2) is 6.07 Å². The topological polar surface area (TPSA) is 46.3 Å². The lowest BCUT2D eigenvalue weighted by Crippen LogP contribution is -2.40. The zero-order valence-electron chi connectivity index (χ0n) is 9.75. The molecule has 1 fully saturated rings. The monoisotopic (exact) mass is 278 g/mol. The smallest absolute Gasteiger partial charge is 0.398 e. The Labute approximate surface area is 106 Å². The Hall–Kier alpha value is -1.24. The van der Waals surface area contributed by atoms with Gasteiger partial charge in [0, 0.05) is 16.6 Å². The van der Waals surface area contributed by atoms with Crippen molar-refractivity contribution in [1.82, 2.24) is 4.90 Å². The number of thiophene rings is 1. The molecule has 18 heavy (non-hydrogen) atoms. The zero-order chi connectivity index (χ0) is 13.5. The quantitative estimate of drug-likeness (QED) is 0.924. The van der Waals surface area contributed by atoms with E-state index in [-0.39, 0.29) is 10.9 Å². The van der Waals surface area contributed by atoms with Crippen molar-refractivity contribution in [3.8, 4) is 0 Å². The highest BCUT2D eigenvalue weighted by Crippen LogP contribution is 2.33. The van der Waals surface area contributed by atoms with Gasteiger partial charge < -0.3 is 10.6 Å². The second-order valence-electron chi connectivity index (χ2n) is 4.40. The summed E-state index contributed by atoms with van der Waals surface area (Å²) in [5.41, 5.74) is 6.07. The first kappa shape index (κ1) is 13.2. The van der Waals surface area contributed by atoms with Crippen LogP contribution in [0.4, 0.5) is 18.9 Å². The molecule has 0 radical (unpaired) electrons. The summed E-state index contributed by atoms with van der Waals surface area (Å²) >= 11 is 1.14. The van der Waals surface area contributed by atoms with E-state index in [1.54, 1.807) is 6.92 Å². The molecular weight excluding hydrogens is 265 g/mol.